The summed E-state index contributed by atoms with van der Waals surface area (Å²) in [4.78, 5) is 26.8. The Bertz CT molecular complexity index is 604. The van der Waals surface area contributed by atoms with Gasteiger partial charge in [0.15, 0.2) is 6.23 Å². The van der Waals surface area contributed by atoms with Gasteiger partial charge >= 0.3 is 5.69 Å². The molecule has 0 aromatic carbocycles. The number of hydrogen-bond donors (Lipinski definition) is 6. The van der Waals surface area contributed by atoms with Gasteiger partial charge in [-0.2, -0.15) is 4.98 Å². The average Bonchev–Trinajstić information content (AvgIpc) is 2.74. The number of ether oxygens (including phenoxy) is 1. The van der Waals surface area contributed by atoms with Crippen LogP contribution >= 0.6 is 0 Å². The van der Waals surface area contributed by atoms with Crippen LogP contribution in [0.25, 0.3) is 0 Å². The van der Waals surface area contributed by atoms with Gasteiger partial charge in [0, 0.05) is 6.20 Å². The molecule has 21 heavy (non-hydrogen) atoms. The van der Waals surface area contributed by atoms with Gasteiger partial charge < -0.3 is 25.8 Å². The molecule has 8 N–H and O–H groups in total. The molecule has 2 heterocycles. The summed E-state index contributed by atoms with van der Waals surface area (Å²) in [6.07, 6.45) is -4.26. The van der Waals surface area contributed by atoms with E-state index in [1.807, 2.05) is 5.43 Å². The Balaban J connectivity index is 2.45. The van der Waals surface area contributed by atoms with Gasteiger partial charge in [0.1, 0.15) is 24.1 Å². The van der Waals surface area contributed by atoms with Gasteiger partial charge in [0.25, 0.3) is 5.91 Å². The number of nitrogen functional groups attached to an aromatic ring is 2. The predicted molar refractivity (Wildman–Crippen MR) is 67.6 cm³/mol. The van der Waals surface area contributed by atoms with Crippen LogP contribution in [0, 0.1) is 0 Å². The van der Waals surface area contributed by atoms with E-state index in [1.54, 1.807) is 0 Å². The second-order valence-electron chi connectivity index (χ2n) is 4.43. The van der Waals surface area contributed by atoms with Crippen molar-refractivity contribution >= 4 is 11.7 Å². The Labute approximate surface area is 117 Å². The molecule has 0 bridgehead atoms. The number of hydrazine groups is 1. The first kappa shape index (κ1) is 15.3. The van der Waals surface area contributed by atoms with E-state index in [-0.39, 0.29) is 11.4 Å². The third-order valence-electron chi connectivity index (χ3n) is 3.15. The maximum Gasteiger partial charge on any atom is 0.351 e. The standard InChI is InChI=1S/C10H15N5O6/c11-7-3(8(19)14-12)1-15(10(20)13-7)9-6(18)5(17)4(2-16)21-9/h1,4-6,9,16-18H,2,12H2,(H,14,19)(H2,11,13,20)/t4-,5-,6-,9?/m1/s1. The number of carbonyl (C=O) groups excluding carboxylic acids is 1. The van der Waals surface area contributed by atoms with Gasteiger partial charge in [0.05, 0.1) is 12.2 Å². The second-order valence-corrected chi connectivity index (χ2v) is 4.43. The number of aliphatic hydroxyl groups excluding tert-OH is 3. The Hall–Kier alpha value is -2.05. The zero-order valence-electron chi connectivity index (χ0n) is 10.7. The van der Waals surface area contributed by atoms with Crippen LogP contribution in [0.15, 0.2) is 11.0 Å². The van der Waals surface area contributed by atoms with Gasteiger partial charge in [-0.15, -0.1) is 0 Å². The Morgan fingerprint density at radius 1 is 1.48 bits per heavy atom. The molecular weight excluding hydrogens is 286 g/mol. The number of amides is 1. The fourth-order valence-electron chi connectivity index (χ4n) is 2.03. The van der Waals surface area contributed by atoms with E-state index < -0.39 is 42.7 Å². The number of aliphatic hydroxyl groups is 3. The minimum atomic E-state index is -1.49. The molecule has 1 aromatic rings. The average molecular weight is 301 g/mol. The minimum Gasteiger partial charge on any atom is -0.394 e. The van der Waals surface area contributed by atoms with Crippen LogP contribution in [0.4, 0.5) is 5.82 Å². The molecule has 0 aliphatic carbocycles. The molecule has 2 rings (SSSR count). The Morgan fingerprint density at radius 3 is 2.67 bits per heavy atom. The molecule has 4 atom stereocenters. The second kappa shape index (κ2) is 5.75. The van der Waals surface area contributed by atoms with Crippen molar-refractivity contribution in [2.45, 2.75) is 24.5 Å². The van der Waals surface area contributed by atoms with Crippen molar-refractivity contribution in [2.24, 2.45) is 5.84 Å². The molecule has 1 aromatic heterocycles. The molecule has 11 nitrogen and oxygen atoms in total. The molecule has 0 radical (unpaired) electrons. The smallest absolute Gasteiger partial charge is 0.351 e. The van der Waals surface area contributed by atoms with Crippen LogP contribution in [0.5, 0.6) is 0 Å². The van der Waals surface area contributed by atoms with Crippen molar-refractivity contribution in [3.05, 3.63) is 22.2 Å². The number of nitrogens with one attached hydrogen (secondary N) is 1. The van der Waals surface area contributed by atoms with Crippen LogP contribution in [0.1, 0.15) is 16.6 Å². The zero-order chi connectivity index (χ0) is 15.7. The molecular formula is C10H15N5O6. The number of hydrogen-bond acceptors (Lipinski definition) is 9. The van der Waals surface area contributed by atoms with E-state index in [2.05, 4.69) is 4.98 Å². The van der Waals surface area contributed by atoms with Crippen molar-refractivity contribution < 1.29 is 24.9 Å². The van der Waals surface area contributed by atoms with Crippen molar-refractivity contribution in [1.82, 2.24) is 15.0 Å². The van der Waals surface area contributed by atoms with Gasteiger partial charge in [-0.25, -0.2) is 10.6 Å². The Morgan fingerprint density at radius 2 is 2.14 bits per heavy atom. The third-order valence-corrected chi connectivity index (χ3v) is 3.15. The first-order valence-corrected chi connectivity index (χ1v) is 5.92. The maximum absolute atomic E-state index is 11.8. The number of aromatic nitrogens is 2. The summed E-state index contributed by atoms with van der Waals surface area (Å²) in [6.45, 7) is -0.554. The highest BCUT2D eigenvalue weighted by atomic mass is 16.6. The van der Waals surface area contributed by atoms with E-state index in [4.69, 9.17) is 21.4 Å². The number of carbonyl (C=O) groups is 1. The summed E-state index contributed by atoms with van der Waals surface area (Å²) in [5.41, 5.74) is 6.19. The lowest BCUT2D eigenvalue weighted by Crippen LogP contribution is -2.38. The lowest BCUT2D eigenvalue weighted by Gasteiger charge is -2.18. The predicted octanol–water partition coefficient (Wildman–Crippen LogP) is -3.96. The van der Waals surface area contributed by atoms with Crippen molar-refractivity contribution in [3.8, 4) is 0 Å². The topological polar surface area (TPSA) is 186 Å². The molecule has 11 heteroatoms. The van der Waals surface area contributed by atoms with E-state index in [0.717, 1.165) is 10.8 Å². The van der Waals surface area contributed by atoms with Gasteiger partial charge in [-0.3, -0.25) is 14.8 Å². The van der Waals surface area contributed by atoms with Crippen LogP contribution in [-0.2, 0) is 4.74 Å². The summed E-state index contributed by atoms with van der Waals surface area (Å²) >= 11 is 0. The lowest BCUT2D eigenvalue weighted by atomic mass is 10.1. The first-order chi connectivity index (χ1) is 9.90. The molecule has 1 fully saturated rings. The largest absolute Gasteiger partial charge is 0.394 e. The minimum absolute atomic E-state index is 0.199. The van der Waals surface area contributed by atoms with Crippen LogP contribution < -0.4 is 22.7 Å². The van der Waals surface area contributed by atoms with Crippen molar-refractivity contribution in [1.29, 1.82) is 0 Å². The van der Waals surface area contributed by atoms with Crippen molar-refractivity contribution in [3.63, 3.8) is 0 Å². The van der Waals surface area contributed by atoms with Crippen LogP contribution in [0.2, 0.25) is 0 Å². The Kier molecular flexibility index (Phi) is 4.20. The number of nitrogens with zero attached hydrogens (tertiary/aromatic N) is 2. The molecule has 1 aliphatic heterocycles. The van der Waals surface area contributed by atoms with Gasteiger partial charge in [-0.1, -0.05) is 0 Å². The van der Waals surface area contributed by atoms with E-state index in [1.165, 1.54) is 0 Å². The normalized spacial score (nSPS) is 28.6. The zero-order valence-corrected chi connectivity index (χ0v) is 10.7. The number of anilines is 1. The van der Waals surface area contributed by atoms with Crippen LogP contribution in [0.3, 0.4) is 0 Å². The monoisotopic (exact) mass is 301 g/mol. The highest BCUT2D eigenvalue weighted by molar-refractivity contribution is 5.97. The lowest BCUT2D eigenvalue weighted by molar-refractivity contribution is -0.0550. The van der Waals surface area contributed by atoms with Gasteiger partial charge in [-0.05, 0) is 0 Å². The summed E-state index contributed by atoms with van der Waals surface area (Å²) in [6, 6.07) is 0. The molecule has 116 valence electrons. The van der Waals surface area contributed by atoms with E-state index in [0.29, 0.717) is 0 Å². The maximum atomic E-state index is 11.8. The molecule has 1 amide bonds. The first-order valence-electron chi connectivity index (χ1n) is 5.92. The molecule has 1 aliphatic rings. The highest BCUT2D eigenvalue weighted by Crippen LogP contribution is 2.28. The fraction of sp³-hybridized carbons (Fsp3) is 0.500. The summed E-state index contributed by atoms with van der Waals surface area (Å²) in [7, 11) is 0. The summed E-state index contributed by atoms with van der Waals surface area (Å²) in [5, 5.41) is 28.5. The highest BCUT2D eigenvalue weighted by Gasteiger charge is 2.44. The molecule has 1 unspecified atom stereocenters. The van der Waals surface area contributed by atoms with Gasteiger partial charge in [0.2, 0.25) is 0 Å². The van der Waals surface area contributed by atoms with E-state index >= 15 is 0 Å². The number of nitrogens with two attached hydrogens (primary N) is 2. The molecule has 0 spiro atoms. The van der Waals surface area contributed by atoms with Crippen LogP contribution in [-0.4, -0.2) is 55.7 Å². The third kappa shape index (κ3) is 2.59. The van der Waals surface area contributed by atoms with E-state index in [9.17, 15) is 19.8 Å². The summed E-state index contributed by atoms with van der Waals surface area (Å²) < 4.78 is 5.98. The quantitative estimate of drug-likeness (QED) is 0.184. The SMILES string of the molecule is NNC(=O)c1cn(C2O[C@H](CO)[C@@H](O)[C@H]2O)c(=O)nc1N. The summed E-state index contributed by atoms with van der Waals surface area (Å²) in [5.74, 6) is 3.85. The molecule has 1 saturated heterocycles. The number of rotatable bonds is 3. The fourth-order valence-corrected chi connectivity index (χ4v) is 2.03. The molecule has 0 saturated carbocycles. The van der Waals surface area contributed by atoms with Crippen molar-refractivity contribution in [2.75, 3.05) is 12.3 Å².